The van der Waals surface area contributed by atoms with Crippen LogP contribution < -0.4 is 0 Å². The molecule has 64 heavy (non-hydrogen) atoms. The maximum atomic E-state index is 7.72. The highest BCUT2D eigenvalue weighted by Gasteiger charge is 2.58. The van der Waals surface area contributed by atoms with E-state index in [0.29, 0.717) is 0 Å². The molecular weight excluding hydrogens is 806 g/mol. The molecule has 3 aliphatic rings. The van der Waals surface area contributed by atoms with Gasteiger partial charge in [-0.2, -0.15) is 0 Å². The number of benzene rings is 3. The average Bonchev–Trinajstić information content (AvgIpc) is 3.31. The molecule has 0 radical (unpaired) electrons. The van der Waals surface area contributed by atoms with Crippen molar-refractivity contribution in [2.45, 2.75) is 233 Å². The molecule has 0 aromatic heterocycles. The third-order valence-corrected chi connectivity index (χ3v) is 20.3. The fraction of sp³-hybridized carbons (Fsp3) is 0.684. The highest BCUT2D eigenvalue weighted by Crippen LogP contribution is 2.59. The van der Waals surface area contributed by atoms with Crippen molar-refractivity contribution < 1.29 is 13.6 Å². The SMILES string of the molecule is CCC1(C)CC(OP(OC2CC(C)(CC)N(Cc3ccccc3)C(C)(CC)C2C)OC2CC(C)(CC)N(Cc3ccccc3)C(C)(CC)C2C)C(C)C(C)(CC)N1Cc1ccccc1. The van der Waals surface area contributed by atoms with Crippen molar-refractivity contribution >= 4 is 8.60 Å². The Hall–Kier alpha value is -2.15. The van der Waals surface area contributed by atoms with Crippen molar-refractivity contribution in [3.63, 3.8) is 0 Å². The zero-order chi connectivity index (χ0) is 46.7. The topological polar surface area (TPSA) is 37.4 Å². The second kappa shape index (κ2) is 20.6. The Kier molecular flexibility index (Phi) is 16.5. The molecule has 3 heterocycles. The summed E-state index contributed by atoms with van der Waals surface area (Å²) >= 11 is 0. The molecule has 0 amide bonds. The molecule has 3 aliphatic heterocycles. The minimum absolute atomic E-state index is 0.0137. The first kappa shape index (κ1) is 51.2. The number of hydrogen-bond donors (Lipinski definition) is 0. The molecular formula is C57H90N3O3P. The van der Waals surface area contributed by atoms with Crippen LogP contribution in [0, 0.1) is 17.8 Å². The van der Waals surface area contributed by atoms with E-state index in [1.165, 1.54) is 16.7 Å². The molecule has 0 saturated carbocycles. The molecule has 3 aromatic carbocycles. The zero-order valence-electron chi connectivity index (χ0n) is 43.1. The number of nitrogens with zero attached hydrogens (tertiary/aromatic N) is 3. The van der Waals surface area contributed by atoms with E-state index in [9.17, 15) is 0 Å². The maximum absolute atomic E-state index is 7.72. The summed E-state index contributed by atoms with van der Waals surface area (Å²) in [5.74, 6) is 0.783. The molecule has 0 N–H and O–H groups in total. The minimum atomic E-state index is -1.73. The summed E-state index contributed by atoms with van der Waals surface area (Å²) in [5, 5.41) is 0. The van der Waals surface area contributed by atoms with Crippen LogP contribution in [0.5, 0.6) is 0 Å². The Morgan fingerprint density at radius 3 is 0.844 bits per heavy atom. The molecule has 7 heteroatoms. The van der Waals surface area contributed by atoms with Crippen LogP contribution in [0.25, 0.3) is 0 Å². The molecule has 356 valence electrons. The Bertz CT molecular complexity index is 1690. The molecule has 0 spiro atoms. The summed E-state index contributed by atoms with van der Waals surface area (Å²) in [5.41, 5.74) is 3.69. The standard InChI is InChI=1S/C57H90N3O3P/c1-16-52(10)37-49(43(7)55(13,19-4)58(52)40-46-31-25-22-26-32-46)61-64(62-50-38-53(11,17-2)59(56(14,20-5)44(50)8)41-47-33-27-23-28-34-47)63-51-39-54(12,18-3)60(57(15,21-6)45(51)9)42-48-35-29-24-30-36-48/h22-36,43-45,49-51H,16-21,37-42H2,1-15H3. The lowest BCUT2D eigenvalue weighted by Crippen LogP contribution is -2.68. The third-order valence-electron chi connectivity index (χ3n) is 19.0. The van der Waals surface area contributed by atoms with E-state index in [0.717, 1.165) is 77.4 Å². The van der Waals surface area contributed by atoms with Gasteiger partial charge in [0.05, 0.1) is 18.3 Å². The Balaban J connectivity index is 1.38. The van der Waals surface area contributed by atoms with E-state index < -0.39 is 8.60 Å². The normalized spacial score (nSPS) is 38.3. The van der Waals surface area contributed by atoms with Gasteiger partial charge in [-0.3, -0.25) is 14.7 Å². The minimum Gasteiger partial charge on any atom is -0.308 e. The second-order valence-corrected chi connectivity index (χ2v) is 23.1. The van der Waals surface area contributed by atoms with Crippen molar-refractivity contribution in [2.75, 3.05) is 0 Å². The van der Waals surface area contributed by atoms with Crippen molar-refractivity contribution in [3.8, 4) is 0 Å². The molecule has 0 aliphatic carbocycles. The number of likely N-dealkylation sites (tertiary alicyclic amines) is 3. The first-order valence-electron chi connectivity index (χ1n) is 25.6. The molecule has 0 bridgehead atoms. The summed E-state index contributed by atoms with van der Waals surface area (Å²) in [7, 11) is -1.73. The van der Waals surface area contributed by atoms with Crippen LogP contribution in [-0.4, -0.2) is 66.2 Å². The van der Waals surface area contributed by atoms with Crippen LogP contribution in [0.2, 0.25) is 0 Å². The predicted molar refractivity (Wildman–Crippen MR) is 271 cm³/mol. The van der Waals surface area contributed by atoms with Crippen molar-refractivity contribution in [1.82, 2.24) is 14.7 Å². The lowest BCUT2D eigenvalue weighted by molar-refractivity contribution is -0.161. The van der Waals surface area contributed by atoms with Crippen molar-refractivity contribution in [3.05, 3.63) is 108 Å². The van der Waals surface area contributed by atoms with Gasteiger partial charge in [-0.05, 0) is 116 Å². The fourth-order valence-corrected chi connectivity index (χ4v) is 14.3. The highest BCUT2D eigenvalue weighted by molar-refractivity contribution is 7.41. The van der Waals surface area contributed by atoms with Crippen LogP contribution in [0.4, 0.5) is 0 Å². The lowest BCUT2D eigenvalue weighted by Gasteiger charge is -2.62. The highest BCUT2D eigenvalue weighted by atomic mass is 31.2. The van der Waals surface area contributed by atoms with Gasteiger partial charge in [0.2, 0.25) is 0 Å². The second-order valence-electron chi connectivity index (χ2n) is 22.0. The van der Waals surface area contributed by atoms with E-state index in [4.69, 9.17) is 13.6 Å². The predicted octanol–water partition coefficient (Wildman–Crippen LogP) is 15.0. The molecule has 6 nitrogen and oxygen atoms in total. The van der Waals surface area contributed by atoms with Crippen LogP contribution in [0.3, 0.4) is 0 Å². The number of hydrogen-bond acceptors (Lipinski definition) is 6. The maximum Gasteiger partial charge on any atom is 0.333 e. The summed E-state index contributed by atoms with van der Waals surface area (Å²) in [6, 6.07) is 33.3. The Labute approximate surface area is 393 Å². The smallest absolute Gasteiger partial charge is 0.308 e. The van der Waals surface area contributed by atoms with Gasteiger partial charge in [-0.15, -0.1) is 0 Å². The summed E-state index contributed by atoms with van der Waals surface area (Å²) in [4.78, 5) is 8.49. The monoisotopic (exact) mass is 896 g/mol. The molecule has 3 saturated heterocycles. The zero-order valence-corrected chi connectivity index (χ0v) is 44.0. The van der Waals surface area contributed by atoms with Gasteiger partial charge in [-0.25, -0.2) is 0 Å². The summed E-state index contributed by atoms with van der Waals surface area (Å²) < 4.78 is 23.2. The molecule has 3 fully saturated rings. The van der Waals surface area contributed by atoms with E-state index in [-0.39, 0.29) is 69.3 Å². The van der Waals surface area contributed by atoms with Gasteiger partial charge in [0.15, 0.2) is 0 Å². The average molecular weight is 896 g/mol. The van der Waals surface area contributed by atoms with Crippen LogP contribution >= 0.6 is 8.60 Å². The number of piperidine rings is 3. The van der Waals surface area contributed by atoms with E-state index in [2.05, 4.69) is 210 Å². The van der Waals surface area contributed by atoms with Gasteiger partial charge >= 0.3 is 8.60 Å². The van der Waals surface area contributed by atoms with E-state index in [1.54, 1.807) is 0 Å². The molecule has 12 unspecified atom stereocenters. The quantitative estimate of drug-likeness (QED) is 0.118. The molecule has 12 atom stereocenters. The van der Waals surface area contributed by atoms with Crippen LogP contribution in [0.15, 0.2) is 91.0 Å². The Morgan fingerprint density at radius 1 is 0.406 bits per heavy atom. The summed E-state index contributed by atoms with van der Waals surface area (Å²) in [6.07, 6.45) is 9.02. The lowest BCUT2D eigenvalue weighted by atomic mass is 9.68. The molecule has 3 aromatic rings. The van der Waals surface area contributed by atoms with Gasteiger partial charge in [0.25, 0.3) is 0 Å². The third kappa shape index (κ3) is 9.88. The van der Waals surface area contributed by atoms with Gasteiger partial charge in [0, 0.05) is 70.6 Å². The van der Waals surface area contributed by atoms with Crippen LogP contribution in [0.1, 0.15) is 178 Å². The first-order chi connectivity index (χ1) is 30.3. The number of rotatable bonds is 18. The van der Waals surface area contributed by atoms with Gasteiger partial charge in [-0.1, -0.05) is 153 Å². The van der Waals surface area contributed by atoms with E-state index >= 15 is 0 Å². The van der Waals surface area contributed by atoms with Crippen LogP contribution in [-0.2, 0) is 33.2 Å². The van der Waals surface area contributed by atoms with Gasteiger partial charge < -0.3 is 13.6 Å². The van der Waals surface area contributed by atoms with Crippen molar-refractivity contribution in [1.29, 1.82) is 0 Å². The largest absolute Gasteiger partial charge is 0.333 e. The Morgan fingerprint density at radius 2 is 0.641 bits per heavy atom. The van der Waals surface area contributed by atoms with E-state index in [1.807, 2.05) is 0 Å². The summed E-state index contributed by atoms with van der Waals surface area (Å²) in [6.45, 7) is 39.4. The van der Waals surface area contributed by atoms with Gasteiger partial charge in [0.1, 0.15) is 0 Å². The molecule has 6 rings (SSSR count). The van der Waals surface area contributed by atoms with Crippen molar-refractivity contribution in [2.24, 2.45) is 17.8 Å². The fourth-order valence-electron chi connectivity index (χ4n) is 12.7. The first-order valence-corrected chi connectivity index (χ1v) is 26.7.